The first-order valence-corrected chi connectivity index (χ1v) is 7.58. The molecule has 106 valence electrons. The summed E-state index contributed by atoms with van der Waals surface area (Å²) in [4.78, 5) is 0. The molecular weight excluding hydrogens is 249 g/mol. The molecule has 1 aromatic rings. The first-order chi connectivity index (χ1) is 9.83. The smallest absolute Gasteiger partial charge is 0.0991 e. The Morgan fingerprint density at radius 2 is 1.85 bits per heavy atom. The molecule has 0 heterocycles. The number of allylic oxidation sites excluding steroid dienone is 1. The molecule has 1 fully saturated rings. The van der Waals surface area contributed by atoms with Crippen molar-refractivity contribution in [2.45, 2.75) is 50.9 Å². The first kappa shape index (κ1) is 14.8. The van der Waals surface area contributed by atoms with Crippen LogP contribution in [0.1, 0.15) is 62.0 Å². The van der Waals surface area contributed by atoms with Crippen molar-refractivity contribution >= 4 is 0 Å². The van der Waals surface area contributed by atoms with Crippen LogP contribution in [0.2, 0.25) is 0 Å². The van der Waals surface area contributed by atoms with Gasteiger partial charge < -0.3 is 0 Å². The zero-order valence-electron chi connectivity index (χ0n) is 11.9. The van der Waals surface area contributed by atoms with E-state index in [1.807, 2.05) is 12.1 Å². The lowest BCUT2D eigenvalue weighted by Gasteiger charge is -2.28. The Morgan fingerprint density at radius 1 is 1.15 bits per heavy atom. The van der Waals surface area contributed by atoms with Crippen LogP contribution < -0.4 is 0 Å². The van der Waals surface area contributed by atoms with Crippen LogP contribution in [-0.4, -0.2) is 0 Å². The van der Waals surface area contributed by atoms with Crippen LogP contribution >= 0.6 is 0 Å². The maximum Gasteiger partial charge on any atom is 0.0991 e. The van der Waals surface area contributed by atoms with E-state index in [4.69, 9.17) is 5.26 Å². The Kier molecular flexibility index (Phi) is 5.80. The highest BCUT2D eigenvalue weighted by Crippen LogP contribution is 2.37. The molecule has 0 aromatic heterocycles. The lowest BCUT2D eigenvalue weighted by atomic mass is 9.77. The molecular formula is C18H22FN. The molecule has 0 saturated heterocycles. The second-order valence-corrected chi connectivity index (χ2v) is 5.74. The molecule has 1 aliphatic rings. The molecule has 2 rings (SSSR count). The SMILES string of the molecule is N#Cc1ccc([C@H]2CC[C@H](CCC/C=C/F)CC2)cc1. The number of benzene rings is 1. The number of rotatable bonds is 5. The third-order valence-corrected chi connectivity index (χ3v) is 4.43. The van der Waals surface area contributed by atoms with Crippen molar-refractivity contribution in [1.82, 2.24) is 0 Å². The highest BCUT2D eigenvalue weighted by Gasteiger charge is 2.21. The van der Waals surface area contributed by atoms with Crippen LogP contribution in [0.5, 0.6) is 0 Å². The van der Waals surface area contributed by atoms with Crippen LogP contribution in [0.25, 0.3) is 0 Å². The second-order valence-electron chi connectivity index (χ2n) is 5.74. The molecule has 2 heteroatoms. The topological polar surface area (TPSA) is 23.8 Å². The van der Waals surface area contributed by atoms with E-state index in [1.54, 1.807) is 6.08 Å². The molecule has 0 spiro atoms. The summed E-state index contributed by atoms with van der Waals surface area (Å²) in [7, 11) is 0. The van der Waals surface area contributed by atoms with Gasteiger partial charge in [0.15, 0.2) is 0 Å². The lowest BCUT2D eigenvalue weighted by Crippen LogP contribution is -2.13. The van der Waals surface area contributed by atoms with Gasteiger partial charge in [-0.15, -0.1) is 0 Å². The largest absolute Gasteiger partial charge is 0.216 e. The van der Waals surface area contributed by atoms with E-state index in [9.17, 15) is 4.39 Å². The molecule has 1 saturated carbocycles. The Balaban J connectivity index is 1.77. The average molecular weight is 271 g/mol. The number of nitriles is 1. The predicted octanol–water partition coefficient (Wildman–Crippen LogP) is 5.49. The minimum Gasteiger partial charge on any atom is -0.216 e. The average Bonchev–Trinajstić information content (AvgIpc) is 2.52. The molecule has 0 aliphatic heterocycles. The maximum absolute atomic E-state index is 11.9. The van der Waals surface area contributed by atoms with Crippen molar-refractivity contribution in [3.8, 4) is 6.07 Å². The van der Waals surface area contributed by atoms with Gasteiger partial charge in [-0.3, -0.25) is 0 Å². The fourth-order valence-corrected chi connectivity index (χ4v) is 3.20. The van der Waals surface area contributed by atoms with Gasteiger partial charge in [0.25, 0.3) is 0 Å². The maximum atomic E-state index is 11.9. The van der Waals surface area contributed by atoms with Crippen LogP contribution in [0, 0.1) is 17.2 Å². The summed E-state index contributed by atoms with van der Waals surface area (Å²) in [6.07, 6.45) is 10.5. The molecule has 1 aliphatic carbocycles. The van der Waals surface area contributed by atoms with Crippen molar-refractivity contribution in [3.63, 3.8) is 0 Å². The molecule has 1 nitrogen and oxygen atoms in total. The van der Waals surface area contributed by atoms with E-state index < -0.39 is 0 Å². The molecule has 0 N–H and O–H groups in total. The van der Waals surface area contributed by atoms with Crippen LogP contribution in [0.15, 0.2) is 36.7 Å². The van der Waals surface area contributed by atoms with Crippen molar-refractivity contribution in [3.05, 3.63) is 47.8 Å². The van der Waals surface area contributed by atoms with E-state index in [0.29, 0.717) is 12.2 Å². The molecule has 20 heavy (non-hydrogen) atoms. The van der Waals surface area contributed by atoms with E-state index >= 15 is 0 Å². The van der Waals surface area contributed by atoms with Gasteiger partial charge in [-0.05, 0) is 68.1 Å². The van der Waals surface area contributed by atoms with Crippen molar-refractivity contribution < 1.29 is 4.39 Å². The Morgan fingerprint density at radius 3 is 2.45 bits per heavy atom. The summed E-state index contributed by atoms with van der Waals surface area (Å²) in [6.45, 7) is 0. The first-order valence-electron chi connectivity index (χ1n) is 7.58. The second kappa shape index (κ2) is 7.85. The van der Waals surface area contributed by atoms with Crippen LogP contribution in [0.3, 0.4) is 0 Å². The highest BCUT2D eigenvalue weighted by atomic mass is 19.1. The number of hydrogen-bond donors (Lipinski definition) is 0. The number of unbranched alkanes of at least 4 members (excludes halogenated alkanes) is 1. The summed E-state index contributed by atoms with van der Waals surface area (Å²) in [5.74, 6) is 1.47. The number of nitrogens with zero attached hydrogens (tertiary/aromatic N) is 1. The van der Waals surface area contributed by atoms with Gasteiger partial charge in [0.2, 0.25) is 0 Å². The lowest BCUT2D eigenvalue weighted by molar-refractivity contribution is 0.305. The summed E-state index contributed by atoms with van der Waals surface area (Å²) in [6, 6.07) is 10.2. The summed E-state index contributed by atoms with van der Waals surface area (Å²) < 4.78 is 11.9. The third kappa shape index (κ3) is 4.20. The number of hydrogen-bond acceptors (Lipinski definition) is 1. The van der Waals surface area contributed by atoms with Gasteiger partial charge in [-0.2, -0.15) is 5.26 Å². The van der Waals surface area contributed by atoms with Gasteiger partial charge >= 0.3 is 0 Å². The van der Waals surface area contributed by atoms with Gasteiger partial charge in [0, 0.05) is 0 Å². The summed E-state index contributed by atoms with van der Waals surface area (Å²) in [5, 5.41) is 8.82. The highest BCUT2D eigenvalue weighted by molar-refractivity contribution is 5.33. The van der Waals surface area contributed by atoms with Gasteiger partial charge in [0.05, 0.1) is 18.0 Å². The summed E-state index contributed by atoms with van der Waals surface area (Å²) >= 11 is 0. The minimum absolute atomic E-state index is 0.655. The molecule has 0 unspecified atom stereocenters. The number of halogens is 1. The van der Waals surface area contributed by atoms with Crippen LogP contribution in [0.4, 0.5) is 4.39 Å². The third-order valence-electron chi connectivity index (χ3n) is 4.43. The van der Waals surface area contributed by atoms with Crippen molar-refractivity contribution in [1.29, 1.82) is 5.26 Å². The predicted molar refractivity (Wildman–Crippen MR) is 80.0 cm³/mol. The van der Waals surface area contributed by atoms with Crippen LogP contribution in [-0.2, 0) is 0 Å². The van der Waals surface area contributed by atoms with Gasteiger partial charge in [0.1, 0.15) is 0 Å². The quantitative estimate of drug-likeness (QED) is 0.650. The normalized spacial score (nSPS) is 22.8. The minimum atomic E-state index is 0.655. The molecule has 1 aromatic carbocycles. The molecule has 0 amide bonds. The van der Waals surface area contributed by atoms with Crippen molar-refractivity contribution in [2.24, 2.45) is 5.92 Å². The molecule has 0 bridgehead atoms. The van der Waals surface area contributed by atoms with E-state index in [-0.39, 0.29) is 0 Å². The zero-order chi connectivity index (χ0) is 14.2. The monoisotopic (exact) mass is 271 g/mol. The Bertz CT molecular complexity index is 461. The fraction of sp³-hybridized carbons (Fsp3) is 0.500. The Hall–Kier alpha value is -1.62. The Labute approximate surface area is 121 Å². The standard InChI is InChI=1S/C18H22FN/c19-13-3-1-2-4-15-5-9-17(10-6-15)18-11-7-16(14-20)8-12-18/h3,7-8,11-13,15,17H,1-2,4-6,9-10H2/b13-3+/t15-,17-. The van der Waals surface area contributed by atoms with E-state index in [1.165, 1.54) is 37.7 Å². The van der Waals surface area contributed by atoms with Gasteiger partial charge in [-0.25, -0.2) is 4.39 Å². The summed E-state index contributed by atoms with van der Waals surface area (Å²) in [5.41, 5.74) is 2.12. The molecule has 0 radical (unpaired) electrons. The van der Waals surface area contributed by atoms with Crippen molar-refractivity contribution in [2.75, 3.05) is 0 Å². The van der Waals surface area contributed by atoms with E-state index in [2.05, 4.69) is 18.2 Å². The zero-order valence-corrected chi connectivity index (χ0v) is 11.9. The fourth-order valence-electron chi connectivity index (χ4n) is 3.20. The van der Waals surface area contributed by atoms with Gasteiger partial charge in [-0.1, -0.05) is 24.6 Å². The van der Waals surface area contributed by atoms with E-state index in [0.717, 1.165) is 24.3 Å². The molecule has 0 atom stereocenters.